The van der Waals surface area contributed by atoms with Crippen LogP contribution in [0.4, 0.5) is 5.69 Å². The van der Waals surface area contributed by atoms with Gasteiger partial charge >= 0.3 is 0 Å². The number of hydrogen-bond donors (Lipinski definition) is 1. The zero-order valence-corrected chi connectivity index (χ0v) is 7.30. The van der Waals surface area contributed by atoms with Crippen molar-refractivity contribution in [2.75, 3.05) is 11.9 Å². The van der Waals surface area contributed by atoms with Crippen LogP contribution in [0, 0.1) is 0 Å². The minimum atomic E-state index is 0.639. The quantitative estimate of drug-likeness (QED) is 0.664. The van der Waals surface area contributed by atoms with Gasteiger partial charge in [0.05, 0.1) is 0 Å². The third-order valence-corrected chi connectivity index (χ3v) is 2.44. The van der Waals surface area contributed by atoms with Crippen molar-refractivity contribution in [3.8, 4) is 0 Å². The van der Waals surface area contributed by atoms with E-state index in [1.165, 1.54) is 16.8 Å². The van der Waals surface area contributed by atoms with Gasteiger partial charge in [0.15, 0.2) is 0 Å². The fraction of sp³-hybridized carbons (Fsp3) is 0.273. The molecule has 0 aliphatic carbocycles. The molecule has 12 heavy (non-hydrogen) atoms. The Morgan fingerprint density at radius 2 is 2.42 bits per heavy atom. The maximum absolute atomic E-state index is 3.76. The van der Waals surface area contributed by atoms with Gasteiger partial charge in [-0.05, 0) is 23.3 Å². The number of fused-ring (bicyclic) bond motifs is 1. The standard InChI is InChI=1S/C11H13N/c1-3-9-4-5-11-10(6-9)8(2)7-12-11/h3-6,8,12H,1,7H2,2H3. The van der Waals surface area contributed by atoms with Gasteiger partial charge in [-0.15, -0.1) is 0 Å². The number of anilines is 1. The summed E-state index contributed by atoms with van der Waals surface area (Å²) in [5, 5.41) is 3.37. The van der Waals surface area contributed by atoms with Gasteiger partial charge in [0.25, 0.3) is 0 Å². The van der Waals surface area contributed by atoms with Gasteiger partial charge in [-0.25, -0.2) is 0 Å². The Labute approximate surface area is 73.1 Å². The van der Waals surface area contributed by atoms with Crippen molar-refractivity contribution < 1.29 is 0 Å². The molecule has 1 aliphatic heterocycles. The fourth-order valence-electron chi connectivity index (χ4n) is 1.65. The SMILES string of the molecule is C=Cc1ccc2c(c1)C(C)CN2. The molecular formula is C11H13N. The Morgan fingerprint density at radius 1 is 1.58 bits per heavy atom. The van der Waals surface area contributed by atoms with Crippen LogP contribution in [-0.4, -0.2) is 6.54 Å². The first-order valence-corrected chi connectivity index (χ1v) is 4.31. The number of benzene rings is 1. The third kappa shape index (κ3) is 1.02. The van der Waals surface area contributed by atoms with E-state index in [9.17, 15) is 0 Å². The molecule has 1 nitrogen and oxygen atoms in total. The van der Waals surface area contributed by atoms with Crippen molar-refractivity contribution in [1.29, 1.82) is 0 Å². The molecule has 0 radical (unpaired) electrons. The average Bonchev–Trinajstić information content (AvgIpc) is 2.47. The molecule has 1 N–H and O–H groups in total. The highest BCUT2D eigenvalue weighted by atomic mass is 14.9. The largest absolute Gasteiger partial charge is 0.384 e. The summed E-state index contributed by atoms with van der Waals surface area (Å²) in [6.45, 7) is 7.07. The van der Waals surface area contributed by atoms with E-state index in [1.54, 1.807) is 0 Å². The molecule has 2 rings (SSSR count). The Bertz CT molecular complexity index is 315. The number of hydrogen-bond acceptors (Lipinski definition) is 1. The predicted octanol–water partition coefficient (Wildman–Crippen LogP) is 2.86. The summed E-state index contributed by atoms with van der Waals surface area (Å²) < 4.78 is 0. The van der Waals surface area contributed by atoms with Crippen LogP contribution >= 0.6 is 0 Å². The molecule has 1 aromatic rings. The Kier molecular flexibility index (Phi) is 1.65. The third-order valence-electron chi connectivity index (χ3n) is 2.44. The zero-order valence-electron chi connectivity index (χ0n) is 7.30. The number of nitrogens with one attached hydrogen (secondary N) is 1. The van der Waals surface area contributed by atoms with Crippen LogP contribution in [0.15, 0.2) is 24.8 Å². The first-order chi connectivity index (χ1) is 5.81. The maximum Gasteiger partial charge on any atom is 0.0376 e. The summed E-state index contributed by atoms with van der Waals surface area (Å²) in [5.41, 5.74) is 3.92. The molecule has 1 aliphatic rings. The Hall–Kier alpha value is -1.24. The van der Waals surface area contributed by atoms with E-state index in [0.29, 0.717) is 5.92 Å². The van der Waals surface area contributed by atoms with E-state index in [0.717, 1.165) is 6.54 Å². The van der Waals surface area contributed by atoms with E-state index in [1.807, 2.05) is 6.08 Å². The van der Waals surface area contributed by atoms with Gasteiger partial charge in [0.2, 0.25) is 0 Å². The molecule has 0 aromatic heterocycles. The van der Waals surface area contributed by atoms with E-state index >= 15 is 0 Å². The fourth-order valence-corrected chi connectivity index (χ4v) is 1.65. The van der Waals surface area contributed by atoms with Crippen LogP contribution in [0.25, 0.3) is 6.08 Å². The topological polar surface area (TPSA) is 12.0 Å². The number of rotatable bonds is 1. The van der Waals surface area contributed by atoms with Crippen molar-refractivity contribution in [2.24, 2.45) is 0 Å². The molecule has 1 atom stereocenters. The Morgan fingerprint density at radius 3 is 3.17 bits per heavy atom. The minimum Gasteiger partial charge on any atom is -0.384 e. The van der Waals surface area contributed by atoms with Gasteiger partial charge in [0, 0.05) is 18.2 Å². The lowest BCUT2D eigenvalue weighted by Gasteiger charge is -2.02. The summed E-state index contributed by atoms with van der Waals surface area (Å²) in [6, 6.07) is 6.44. The molecule has 1 heterocycles. The van der Waals surface area contributed by atoms with Crippen molar-refractivity contribution in [3.05, 3.63) is 35.9 Å². The molecule has 1 unspecified atom stereocenters. The van der Waals surface area contributed by atoms with Crippen molar-refractivity contribution in [2.45, 2.75) is 12.8 Å². The first kappa shape index (κ1) is 7.41. The highest BCUT2D eigenvalue weighted by Crippen LogP contribution is 2.31. The zero-order chi connectivity index (χ0) is 8.55. The highest BCUT2D eigenvalue weighted by Gasteiger charge is 2.16. The maximum atomic E-state index is 3.76. The summed E-state index contributed by atoms with van der Waals surface area (Å²) in [4.78, 5) is 0. The van der Waals surface area contributed by atoms with Gasteiger partial charge in [-0.2, -0.15) is 0 Å². The summed E-state index contributed by atoms with van der Waals surface area (Å²) >= 11 is 0. The van der Waals surface area contributed by atoms with Gasteiger partial charge in [0.1, 0.15) is 0 Å². The highest BCUT2D eigenvalue weighted by molar-refractivity contribution is 5.62. The summed E-state index contributed by atoms with van der Waals surface area (Å²) in [6.07, 6.45) is 1.89. The van der Waals surface area contributed by atoms with Gasteiger partial charge < -0.3 is 5.32 Å². The van der Waals surface area contributed by atoms with Crippen molar-refractivity contribution in [3.63, 3.8) is 0 Å². The summed E-state index contributed by atoms with van der Waals surface area (Å²) in [5.74, 6) is 0.639. The average molecular weight is 159 g/mol. The molecule has 0 saturated heterocycles. The van der Waals surface area contributed by atoms with Crippen LogP contribution in [-0.2, 0) is 0 Å². The predicted molar refractivity (Wildman–Crippen MR) is 53.4 cm³/mol. The monoisotopic (exact) mass is 159 g/mol. The summed E-state index contributed by atoms with van der Waals surface area (Å²) in [7, 11) is 0. The molecule has 0 amide bonds. The molecular weight excluding hydrogens is 146 g/mol. The van der Waals surface area contributed by atoms with E-state index in [2.05, 4.69) is 37.0 Å². The smallest absolute Gasteiger partial charge is 0.0376 e. The Balaban J connectivity index is 2.50. The molecule has 0 spiro atoms. The van der Waals surface area contributed by atoms with Crippen LogP contribution in [0.3, 0.4) is 0 Å². The van der Waals surface area contributed by atoms with Crippen LogP contribution in [0.2, 0.25) is 0 Å². The normalized spacial score (nSPS) is 19.9. The molecule has 0 fully saturated rings. The second-order valence-electron chi connectivity index (χ2n) is 3.33. The van der Waals surface area contributed by atoms with Crippen LogP contribution in [0.5, 0.6) is 0 Å². The minimum absolute atomic E-state index is 0.639. The van der Waals surface area contributed by atoms with Crippen molar-refractivity contribution in [1.82, 2.24) is 0 Å². The molecule has 62 valence electrons. The van der Waals surface area contributed by atoms with E-state index < -0.39 is 0 Å². The van der Waals surface area contributed by atoms with Crippen LogP contribution in [0.1, 0.15) is 24.0 Å². The van der Waals surface area contributed by atoms with Crippen LogP contribution < -0.4 is 5.32 Å². The molecule has 1 aromatic carbocycles. The first-order valence-electron chi connectivity index (χ1n) is 4.31. The van der Waals surface area contributed by atoms with E-state index in [-0.39, 0.29) is 0 Å². The van der Waals surface area contributed by atoms with E-state index in [4.69, 9.17) is 0 Å². The molecule has 0 saturated carbocycles. The second kappa shape index (κ2) is 2.67. The van der Waals surface area contributed by atoms with Gasteiger partial charge in [-0.3, -0.25) is 0 Å². The lowest BCUT2D eigenvalue weighted by atomic mass is 10.0. The molecule has 0 bridgehead atoms. The molecule has 1 heteroatoms. The lowest BCUT2D eigenvalue weighted by Crippen LogP contribution is -1.95. The van der Waals surface area contributed by atoms with Gasteiger partial charge in [-0.1, -0.05) is 25.6 Å². The second-order valence-corrected chi connectivity index (χ2v) is 3.33. The lowest BCUT2D eigenvalue weighted by molar-refractivity contribution is 0.854. The van der Waals surface area contributed by atoms with Crippen molar-refractivity contribution >= 4 is 11.8 Å².